The molecule has 0 radical (unpaired) electrons. The Bertz CT molecular complexity index is 737. The highest BCUT2D eigenvalue weighted by atomic mass is 16.5. The molecule has 2 heterocycles. The summed E-state index contributed by atoms with van der Waals surface area (Å²) in [6, 6.07) is 8.19. The SMILES string of the molecule is CCCc1nc2c(c(=O)[nH]1)CN(Cc1ccc(OCC)cc1)CC2. The molecular formula is C19H25N3O2. The molecule has 1 aromatic heterocycles. The van der Waals surface area contributed by atoms with E-state index in [0.29, 0.717) is 13.2 Å². The van der Waals surface area contributed by atoms with Gasteiger partial charge in [0.2, 0.25) is 0 Å². The average Bonchev–Trinajstić information content (AvgIpc) is 2.58. The lowest BCUT2D eigenvalue weighted by Gasteiger charge is -2.27. The summed E-state index contributed by atoms with van der Waals surface area (Å²) >= 11 is 0. The van der Waals surface area contributed by atoms with Crippen molar-refractivity contribution in [2.24, 2.45) is 0 Å². The Morgan fingerprint density at radius 3 is 2.75 bits per heavy atom. The molecule has 3 rings (SSSR count). The van der Waals surface area contributed by atoms with Gasteiger partial charge in [-0.15, -0.1) is 0 Å². The third kappa shape index (κ3) is 3.85. The molecule has 0 atom stereocenters. The van der Waals surface area contributed by atoms with Crippen LogP contribution in [0.5, 0.6) is 5.75 Å². The first-order chi connectivity index (χ1) is 11.7. The van der Waals surface area contributed by atoms with Crippen molar-refractivity contribution in [2.45, 2.75) is 46.2 Å². The summed E-state index contributed by atoms with van der Waals surface area (Å²) in [5.41, 5.74) is 3.06. The number of aromatic nitrogens is 2. The second kappa shape index (κ2) is 7.62. The first kappa shape index (κ1) is 16.7. The summed E-state index contributed by atoms with van der Waals surface area (Å²) in [4.78, 5) is 22.2. The highest BCUT2D eigenvalue weighted by Crippen LogP contribution is 2.18. The Morgan fingerprint density at radius 2 is 2.04 bits per heavy atom. The fraction of sp³-hybridized carbons (Fsp3) is 0.474. The molecule has 0 spiro atoms. The van der Waals surface area contributed by atoms with Gasteiger partial charge in [0.25, 0.3) is 5.56 Å². The smallest absolute Gasteiger partial charge is 0.255 e. The lowest BCUT2D eigenvalue weighted by atomic mass is 10.1. The summed E-state index contributed by atoms with van der Waals surface area (Å²) in [7, 11) is 0. The van der Waals surface area contributed by atoms with E-state index in [1.165, 1.54) is 5.56 Å². The molecule has 5 heteroatoms. The van der Waals surface area contributed by atoms with Gasteiger partial charge in [-0.3, -0.25) is 9.69 Å². The number of nitrogens with zero attached hydrogens (tertiary/aromatic N) is 2. The number of fused-ring (bicyclic) bond motifs is 1. The highest BCUT2D eigenvalue weighted by Gasteiger charge is 2.21. The van der Waals surface area contributed by atoms with Gasteiger partial charge in [0.1, 0.15) is 11.6 Å². The van der Waals surface area contributed by atoms with E-state index in [1.54, 1.807) is 0 Å². The summed E-state index contributed by atoms with van der Waals surface area (Å²) in [6.45, 7) is 7.19. The van der Waals surface area contributed by atoms with Crippen LogP contribution in [0.2, 0.25) is 0 Å². The number of rotatable bonds is 6. The largest absolute Gasteiger partial charge is 0.494 e. The van der Waals surface area contributed by atoms with Gasteiger partial charge < -0.3 is 9.72 Å². The highest BCUT2D eigenvalue weighted by molar-refractivity contribution is 5.28. The Morgan fingerprint density at radius 1 is 1.25 bits per heavy atom. The Balaban J connectivity index is 1.69. The molecular weight excluding hydrogens is 302 g/mol. The van der Waals surface area contributed by atoms with Crippen molar-refractivity contribution in [2.75, 3.05) is 13.2 Å². The van der Waals surface area contributed by atoms with E-state index in [2.05, 4.69) is 33.9 Å². The minimum absolute atomic E-state index is 0.0276. The van der Waals surface area contributed by atoms with Crippen LogP contribution in [0.25, 0.3) is 0 Å². The molecule has 0 aliphatic carbocycles. The van der Waals surface area contributed by atoms with E-state index in [9.17, 15) is 4.79 Å². The van der Waals surface area contributed by atoms with E-state index in [1.807, 2.05) is 19.1 Å². The van der Waals surface area contributed by atoms with Gasteiger partial charge in [-0.25, -0.2) is 4.98 Å². The van der Waals surface area contributed by atoms with Crippen molar-refractivity contribution in [1.29, 1.82) is 0 Å². The first-order valence-electron chi connectivity index (χ1n) is 8.74. The zero-order chi connectivity index (χ0) is 16.9. The normalized spacial score (nSPS) is 14.4. The number of hydrogen-bond acceptors (Lipinski definition) is 4. The van der Waals surface area contributed by atoms with Crippen LogP contribution < -0.4 is 10.3 Å². The van der Waals surface area contributed by atoms with E-state index in [4.69, 9.17) is 4.74 Å². The standard InChI is InChI=1S/C19H25N3O2/c1-3-5-18-20-17-10-11-22(13-16(17)19(23)21-18)12-14-6-8-15(9-7-14)24-4-2/h6-9H,3-5,10-13H2,1-2H3,(H,20,21,23). The van der Waals surface area contributed by atoms with Crippen molar-refractivity contribution < 1.29 is 4.74 Å². The molecule has 0 unspecified atom stereocenters. The number of H-pyrrole nitrogens is 1. The molecule has 1 aromatic carbocycles. The van der Waals surface area contributed by atoms with Crippen molar-refractivity contribution in [1.82, 2.24) is 14.9 Å². The van der Waals surface area contributed by atoms with Crippen LogP contribution in [0.1, 0.15) is 42.9 Å². The fourth-order valence-electron chi connectivity index (χ4n) is 3.14. The van der Waals surface area contributed by atoms with Crippen molar-refractivity contribution in [3.63, 3.8) is 0 Å². The molecule has 1 aliphatic heterocycles. The predicted molar refractivity (Wildman–Crippen MR) is 94.3 cm³/mol. The second-order valence-electron chi connectivity index (χ2n) is 6.23. The third-order valence-corrected chi connectivity index (χ3v) is 4.32. The van der Waals surface area contributed by atoms with Gasteiger partial charge in [-0.2, -0.15) is 0 Å². The molecule has 0 saturated heterocycles. The maximum absolute atomic E-state index is 12.3. The van der Waals surface area contributed by atoms with Gasteiger partial charge in [0.15, 0.2) is 0 Å². The van der Waals surface area contributed by atoms with E-state index in [-0.39, 0.29) is 5.56 Å². The van der Waals surface area contributed by atoms with Crippen molar-refractivity contribution in [3.05, 3.63) is 57.3 Å². The van der Waals surface area contributed by atoms with Gasteiger partial charge in [0.05, 0.1) is 17.9 Å². The minimum Gasteiger partial charge on any atom is -0.494 e. The fourth-order valence-corrected chi connectivity index (χ4v) is 3.14. The molecule has 2 aromatic rings. The Labute approximate surface area is 142 Å². The molecule has 0 fully saturated rings. The van der Waals surface area contributed by atoms with Gasteiger partial charge in [-0.05, 0) is 31.0 Å². The summed E-state index contributed by atoms with van der Waals surface area (Å²) in [5.74, 6) is 1.72. The number of aromatic amines is 1. The second-order valence-corrected chi connectivity index (χ2v) is 6.23. The van der Waals surface area contributed by atoms with Crippen LogP contribution in [0.3, 0.4) is 0 Å². The number of aryl methyl sites for hydroxylation is 1. The third-order valence-electron chi connectivity index (χ3n) is 4.32. The molecule has 1 aliphatic rings. The number of ether oxygens (including phenoxy) is 1. The average molecular weight is 327 g/mol. The van der Waals surface area contributed by atoms with Gasteiger partial charge >= 0.3 is 0 Å². The van der Waals surface area contributed by atoms with Crippen LogP contribution in [0.4, 0.5) is 0 Å². The molecule has 0 saturated carbocycles. The number of benzene rings is 1. The molecule has 24 heavy (non-hydrogen) atoms. The van der Waals surface area contributed by atoms with Gasteiger partial charge in [0, 0.05) is 32.5 Å². The molecule has 0 amide bonds. The first-order valence-corrected chi connectivity index (χ1v) is 8.74. The maximum atomic E-state index is 12.3. The quantitative estimate of drug-likeness (QED) is 0.886. The van der Waals surface area contributed by atoms with Gasteiger partial charge in [-0.1, -0.05) is 19.1 Å². The Hall–Kier alpha value is -2.14. The summed E-state index contributed by atoms with van der Waals surface area (Å²) in [6.07, 6.45) is 2.66. The van der Waals surface area contributed by atoms with Crippen LogP contribution >= 0.6 is 0 Å². The van der Waals surface area contributed by atoms with Crippen molar-refractivity contribution >= 4 is 0 Å². The number of nitrogens with one attached hydrogen (secondary N) is 1. The maximum Gasteiger partial charge on any atom is 0.255 e. The van der Waals surface area contributed by atoms with Crippen molar-refractivity contribution in [3.8, 4) is 5.75 Å². The zero-order valence-corrected chi connectivity index (χ0v) is 14.5. The Kier molecular flexibility index (Phi) is 5.30. The molecule has 128 valence electrons. The summed E-state index contributed by atoms with van der Waals surface area (Å²) in [5, 5.41) is 0. The monoisotopic (exact) mass is 327 g/mol. The van der Waals surface area contributed by atoms with Crippen LogP contribution in [-0.4, -0.2) is 28.0 Å². The van der Waals surface area contributed by atoms with Crippen LogP contribution in [-0.2, 0) is 25.9 Å². The molecule has 5 nitrogen and oxygen atoms in total. The van der Waals surface area contributed by atoms with Crippen LogP contribution in [0.15, 0.2) is 29.1 Å². The van der Waals surface area contributed by atoms with E-state index in [0.717, 1.165) is 55.2 Å². The van der Waals surface area contributed by atoms with Crippen LogP contribution in [0, 0.1) is 0 Å². The molecule has 0 bridgehead atoms. The number of hydrogen-bond donors (Lipinski definition) is 1. The zero-order valence-electron chi connectivity index (χ0n) is 14.5. The molecule has 1 N–H and O–H groups in total. The predicted octanol–water partition coefficient (Wildman–Crippen LogP) is 2.68. The minimum atomic E-state index is 0.0276. The van der Waals surface area contributed by atoms with E-state index >= 15 is 0 Å². The topological polar surface area (TPSA) is 58.2 Å². The lowest BCUT2D eigenvalue weighted by molar-refractivity contribution is 0.241. The van der Waals surface area contributed by atoms with E-state index < -0.39 is 0 Å². The summed E-state index contributed by atoms with van der Waals surface area (Å²) < 4.78 is 5.48. The lowest BCUT2D eigenvalue weighted by Crippen LogP contribution is -2.35.